The number of carbonyl (C=O) groups is 1. The second-order valence-corrected chi connectivity index (χ2v) is 9.44. The van der Waals surface area contributed by atoms with Gasteiger partial charge in [0.1, 0.15) is 6.10 Å². The van der Waals surface area contributed by atoms with Gasteiger partial charge in [-0.1, -0.05) is 15.9 Å². The van der Waals surface area contributed by atoms with Gasteiger partial charge in [0.15, 0.2) is 5.79 Å². The van der Waals surface area contributed by atoms with Crippen LogP contribution in [-0.4, -0.2) is 68.2 Å². The first kappa shape index (κ1) is 18.8. The van der Waals surface area contributed by atoms with Gasteiger partial charge in [0.05, 0.1) is 18.0 Å². The van der Waals surface area contributed by atoms with E-state index in [0.717, 1.165) is 4.47 Å². The molecule has 0 aliphatic carbocycles. The van der Waals surface area contributed by atoms with Crippen molar-refractivity contribution in [1.29, 1.82) is 0 Å². The largest absolute Gasteiger partial charge is 0.348 e. The number of ether oxygens (including phenoxy) is 2. The summed E-state index contributed by atoms with van der Waals surface area (Å²) in [6.07, 6.45) is -0.186. The van der Waals surface area contributed by atoms with Gasteiger partial charge in [0, 0.05) is 24.1 Å². The van der Waals surface area contributed by atoms with Crippen molar-refractivity contribution in [1.82, 2.24) is 9.21 Å². The van der Waals surface area contributed by atoms with E-state index in [1.54, 1.807) is 17.0 Å². The first-order valence-electron chi connectivity index (χ1n) is 8.03. The van der Waals surface area contributed by atoms with Crippen molar-refractivity contribution in [2.75, 3.05) is 32.8 Å². The van der Waals surface area contributed by atoms with Crippen LogP contribution in [0, 0.1) is 0 Å². The van der Waals surface area contributed by atoms with Crippen molar-refractivity contribution < 1.29 is 22.7 Å². The number of halogens is 1. The average Bonchev–Trinajstić information content (AvgIpc) is 2.88. The van der Waals surface area contributed by atoms with Crippen LogP contribution in [0.1, 0.15) is 13.8 Å². The lowest BCUT2D eigenvalue weighted by Crippen LogP contribution is -2.54. The van der Waals surface area contributed by atoms with E-state index in [9.17, 15) is 13.2 Å². The molecule has 0 saturated carbocycles. The van der Waals surface area contributed by atoms with Crippen molar-refractivity contribution in [3.63, 3.8) is 0 Å². The summed E-state index contributed by atoms with van der Waals surface area (Å²) in [6, 6.07) is 6.40. The molecule has 2 heterocycles. The number of hydrogen-bond donors (Lipinski definition) is 0. The number of hydrogen-bond acceptors (Lipinski definition) is 5. The minimum Gasteiger partial charge on any atom is -0.348 e. The normalized spacial score (nSPS) is 24.7. The van der Waals surface area contributed by atoms with Crippen LogP contribution >= 0.6 is 15.9 Å². The third-order valence-electron chi connectivity index (χ3n) is 4.23. The highest BCUT2D eigenvalue weighted by atomic mass is 79.9. The van der Waals surface area contributed by atoms with Crippen molar-refractivity contribution in [3.05, 3.63) is 28.7 Å². The number of carbonyl (C=O) groups excluding carboxylic acids is 1. The lowest BCUT2D eigenvalue weighted by atomic mass is 10.3. The molecule has 0 unspecified atom stereocenters. The van der Waals surface area contributed by atoms with Gasteiger partial charge in [-0.2, -0.15) is 4.31 Å². The van der Waals surface area contributed by atoms with Gasteiger partial charge in [0.25, 0.3) is 0 Å². The zero-order valence-electron chi connectivity index (χ0n) is 14.1. The molecule has 2 aliphatic rings. The summed E-state index contributed by atoms with van der Waals surface area (Å²) in [5.41, 5.74) is 0. The summed E-state index contributed by atoms with van der Waals surface area (Å²) in [7, 11) is -3.67. The maximum atomic E-state index is 12.7. The summed E-state index contributed by atoms with van der Waals surface area (Å²) in [4.78, 5) is 14.2. The second-order valence-electron chi connectivity index (χ2n) is 6.58. The van der Waals surface area contributed by atoms with E-state index in [1.165, 1.54) is 16.4 Å². The third kappa shape index (κ3) is 4.22. The number of piperazine rings is 1. The number of nitrogens with zero attached hydrogens (tertiary/aromatic N) is 2. The topological polar surface area (TPSA) is 76.2 Å². The smallest absolute Gasteiger partial charge is 0.243 e. The maximum Gasteiger partial charge on any atom is 0.243 e. The van der Waals surface area contributed by atoms with Crippen LogP contribution in [0.3, 0.4) is 0 Å². The molecule has 1 amide bonds. The predicted molar refractivity (Wildman–Crippen MR) is 94.4 cm³/mol. The quantitative estimate of drug-likeness (QED) is 0.719. The van der Waals surface area contributed by atoms with Crippen molar-refractivity contribution in [2.45, 2.75) is 30.6 Å². The number of amides is 1. The molecular formula is C16H21BrN2O5S. The van der Waals surface area contributed by atoms with Crippen LogP contribution in [0.2, 0.25) is 0 Å². The minimum atomic E-state index is -3.67. The molecule has 25 heavy (non-hydrogen) atoms. The molecule has 1 atom stereocenters. The van der Waals surface area contributed by atoms with Gasteiger partial charge in [-0.05, 0) is 38.1 Å². The Hall–Kier alpha value is -1.00. The Bertz CT molecular complexity index is 750. The van der Waals surface area contributed by atoms with Crippen molar-refractivity contribution in [3.8, 4) is 0 Å². The zero-order chi connectivity index (χ0) is 18.2. The van der Waals surface area contributed by atoms with E-state index in [0.29, 0.717) is 19.7 Å². The number of rotatable bonds is 4. The van der Waals surface area contributed by atoms with Crippen LogP contribution in [0.15, 0.2) is 33.6 Å². The van der Waals surface area contributed by atoms with Crippen LogP contribution in [-0.2, 0) is 24.3 Å². The molecule has 0 radical (unpaired) electrons. The molecule has 138 valence electrons. The van der Waals surface area contributed by atoms with E-state index in [-0.39, 0.29) is 30.0 Å². The molecule has 1 aromatic rings. The molecule has 0 N–H and O–H groups in total. The summed E-state index contributed by atoms with van der Waals surface area (Å²) in [6.45, 7) is 4.95. The first-order valence-corrected chi connectivity index (χ1v) is 10.3. The Morgan fingerprint density at radius 3 is 2.48 bits per heavy atom. The van der Waals surface area contributed by atoms with E-state index in [4.69, 9.17) is 9.47 Å². The molecule has 1 aromatic carbocycles. The number of benzene rings is 1. The van der Waals surface area contributed by atoms with Crippen molar-refractivity contribution in [2.24, 2.45) is 0 Å². The summed E-state index contributed by atoms with van der Waals surface area (Å²) in [5, 5.41) is 0. The molecule has 0 aromatic heterocycles. The molecule has 7 nitrogen and oxygen atoms in total. The van der Waals surface area contributed by atoms with Gasteiger partial charge in [0.2, 0.25) is 15.9 Å². The standard InChI is InChI=1S/C16H21BrN2O5S/c1-16(2)23-11-13(24-16)9-18-7-8-19(10-15(18)20)25(21,22)14-5-3-12(17)4-6-14/h3-6,13H,7-11H2,1-2H3/t13-/m1/s1. The van der Waals surface area contributed by atoms with E-state index >= 15 is 0 Å². The lowest BCUT2D eigenvalue weighted by Gasteiger charge is -2.34. The highest BCUT2D eigenvalue weighted by molar-refractivity contribution is 9.10. The summed E-state index contributed by atoms with van der Waals surface area (Å²) in [5.74, 6) is -0.860. The van der Waals surface area contributed by atoms with Crippen LogP contribution in [0.5, 0.6) is 0 Å². The second kappa shape index (κ2) is 6.96. The average molecular weight is 433 g/mol. The Labute approximate surface area is 156 Å². The van der Waals surface area contributed by atoms with E-state index < -0.39 is 15.8 Å². The lowest BCUT2D eigenvalue weighted by molar-refractivity contribution is -0.147. The maximum absolute atomic E-state index is 12.7. The van der Waals surface area contributed by atoms with Crippen LogP contribution in [0.25, 0.3) is 0 Å². The Balaban J connectivity index is 1.63. The zero-order valence-corrected chi connectivity index (χ0v) is 16.5. The molecule has 0 bridgehead atoms. The van der Waals surface area contributed by atoms with Crippen molar-refractivity contribution >= 4 is 31.9 Å². The first-order chi connectivity index (χ1) is 11.7. The van der Waals surface area contributed by atoms with E-state index in [2.05, 4.69) is 15.9 Å². The molecule has 2 saturated heterocycles. The van der Waals surface area contributed by atoms with Gasteiger partial charge in [-0.3, -0.25) is 4.79 Å². The van der Waals surface area contributed by atoms with Crippen LogP contribution < -0.4 is 0 Å². The number of sulfonamides is 1. The minimum absolute atomic E-state index is 0.157. The molecule has 0 spiro atoms. The molecular weight excluding hydrogens is 412 g/mol. The molecule has 2 aliphatic heterocycles. The van der Waals surface area contributed by atoms with Gasteiger partial charge >= 0.3 is 0 Å². The Kier molecular flexibility index (Phi) is 5.23. The molecule has 9 heteroatoms. The Morgan fingerprint density at radius 2 is 1.92 bits per heavy atom. The molecule has 3 rings (SSSR count). The third-order valence-corrected chi connectivity index (χ3v) is 6.61. The fraction of sp³-hybridized carbons (Fsp3) is 0.562. The highest BCUT2D eigenvalue weighted by Gasteiger charge is 2.37. The van der Waals surface area contributed by atoms with E-state index in [1.807, 2.05) is 13.8 Å². The molecule has 2 fully saturated rings. The van der Waals surface area contributed by atoms with Gasteiger partial charge < -0.3 is 14.4 Å². The highest BCUT2D eigenvalue weighted by Crippen LogP contribution is 2.24. The Morgan fingerprint density at radius 1 is 1.24 bits per heavy atom. The summed E-state index contributed by atoms with van der Waals surface area (Å²) >= 11 is 3.28. The van der Waals surface area contributed by atoms with Crippen LogP contribution in [0.4, 0.5) is 0 Å². The van der Waals surface area contributed by atoms with Gasteiger partial charge in [-0.15, -0.1) is 0 Å². The predicted octanol–water partition coefficient (Wildman–Crippen LogP) is 1.43. The fourth-order valence-corrected chi connectivity index (χ4v) is 4.58. The monoisotopic (exact) mass is 432 g/mol. The van der Waals surface area contributed by atoms with Gasteiger partial charge in [-0.25, -0.2) is 8.42 Å². The SMILES string of the molecule is CC1(C)OC[C@@H](CN2CCN(S(=O)(=O)c3ccc(Br)cc3)CC2=O)O1. The summed E-state index contributed by atoms with van der Waals surface area (Å²) < 4.78 is 38.6. The fourth-order valence-electron chi connectivity index (χ4n) is 2.94.